The number of hydrogen-bond acceptors (Lipinski definition) is 3. The molecule has 3 nitrogen and oxygen atoms in total. The van der Waals surface area contributed by atoms with Crippen molar-refractivity contribution in [1.29, 1.82) is 0 Å². The van der Waals surface area contributed by atoms with Crippen molar-refractivity contribution in [2.75, 3.05) is 13.7 Å². The van der Waals surface area contributed by atoms with Crippen LogP contribution in [0.5, 0.6) is 11.5 Å². The number of benzene rings is 1. The van der Waals surface area contributed by atoms with Gasteiger partial charge in [-0.2, -0.15) is 0 Å². The summed E-state index contributed by atoms with van der Waals surface area (Å²) in [5.41, 5.74) is 6.90. The van der Waals surface area contributed by atoms with Gasteiger partial charge in [0.1, 0.15) is 0 Å². The van der Waals surface area contributed by atoms with Crippen LogP contribution in [-0.2, 0) is 0 Å². The Morgan fingerprint density at radius 2 is 2.05 bits per heavy atom. The molecular formula is C16H24BrNO2. The van der Waals surface area contributed by atoms with Crippen LogP contribution >= 0.6 is 15.9 Å². The molecule has 0 amide bonds. The summed E-state index contributed by atoms with van der Waals surface area (Å²) in [5, 5.41) is 0. The first-order valence-corrected chi connectivity index (χ1v) is 8.19. The molecule has 1 unspecified atom stereocenters. The SMILES string of the molecule is COc1ccc(Br)c(C(C)CCN)c1OC1CCCC1. The average molecular weight is 342 g/mol. The topological polar surface area (TPSA) is 44.5 Å². The summed E-state index contributed by atoms with van der Waals surface area (Å²) in [7, 11) is 1.70. The van der Waals surface area contributed by atoms with Gasteiger partial charge in [0, 0.05) is 10.0 Å². The van der Waals surface area contributed by atoms with Crippen LogP contribution in [0.2, 0.25) is 0 Å². The van der Waals surface area contributed by atoms with Crippen LogP contribution in [0, 0.1) is 0 Å². The lowest BCUT2D eigenvalue weighted by molar-refractivity contribution is 0.197. The molecule has 2 N–H and O–H groups in total. The Morgan fingerprint density at radius 3 is 2.65 bits per heavy atom. The Hall–Kier alpha value is -0.740. The molecule has 1 saturated carbocycles. The molecule has 1 aliphatic rings. The molecule has 0 radical (unpaired) electrons. The molecule has 1 aromatic carbocycles. The van der Waals surface area contributed by atoms with Crippen LogP contribution in [0.4, 0.5) is 0 Å². The molecular weight excluding hydrogens is 318 g/mol. The number of methoxy groups -OCH3 is 1. The molecule has 0 heterocycles. The molecule has 0 aliphatic heterocycles. The van der Waals surface area contributed by atoms with Crippen molar-refractivity contribution < 1.29 is 9.47 Å². The van der Waals surface area contributed by atoms with Crippen LogP contribution < -0.4 is 15.2 Å². The Bertz CT molecular complexity index is 444. The van der Waals surface area contributed by atoms with Gasteiger partial charge < -0.3 is 15.2 Å². The van der Waals surface area contributed by atoms with Crippen LogP contribution in [0.3, 0.4) is 0 Å². The van der Waals surface area contributed by atoms with Crippen LogP contribution in [0.1, 0.15) is 50.5 Å². The minimum atomic E-state index is 0.321. The largest absolute Gasteiger partial charge is 0.493 e. The molecule has 0 spiro atoms. The molecule has 0 aromatic heterocycles. The number of nitrogens with two attached hydrogens (primary N) is 1. The Morgan fingerprint density at radius 1 is 1.35 bits per heavy atom. The maximum Gasteiger partial charge on any atom is 0.166 e. The van der Waals surface area contributed by atoms with Crippen molar-refractivity contribution >= 4 is 15.9 Å². The molecule has 20 heavy (non-hydrogen) atoms. The lowest BCUT2D eigenvalue weighted by atomic mass is 9.96. The van der Waals surface area contributed by atoms with Gasteiger partial charge in [0.25, 0.3) is 0 Å². The van der Waals surface area contributed by atoms with Crippen LogP contribution in [0.25, 0.3) is 0 Å². The van der Waals surface area contributed by atoms with E-state index < -0.39 is 0 Å². The van der Waals surface area contributed by atoms with Crippen molar-refractivity contribution in [3.63, 3.8) is 0 Å². The molecule has 112 valence electrons. The van der Waals surface area contributed by atoms with Crippen LogP contribution in [-0.4, -0.2) is 19.8 Å². The van der Waals surface area contributed by atoms with E-state index in [1.165, 1.54) is 18.4 Å². The lowest BCUT2D eigenvalue weighted by Gasteiger charge is -2.23. The lowest BCUT2D eigenvalue weighted by Crippen LogP contribution is -2.15. The van der Waals surface area contributed by atoms with E-state index in [2.05, 4.69) is 22.9 Å². The monoisotopic (exact) mass is 341 g/mol. The van der Waals surface area contributed by atoms with E-state index in [4.69, 9.17) is 15.2 Å². The van der Waals surface area contributed by atoms with E-state index >= 15 is 0 Å². The summed E-state index contributed by atoms with van der Waals surface area (Å²) in [4.78, 5) is 0. The first-order chi connectivity index (χ1) is 9.67. The standard InChI is InChI=1S/C16H24BrNO2/c1-11(9-10-18)15-13(17)7-8-14(19-2)16(15)20-12-5-3-4-6-12/h7-8,11-12H,3-6,9-10,18H2,1-2H3. The highest BCUT2D eigenvalue weighted by molar-refractivity contribution is 9.10. The van der Waals surface area contributed by atoms with Gasteiger partial charge in [-0.05, 0) is 56.7 Å². The third-order valence-corrected chi connectivity index (χ3v) is 4.70. The van der Waals surface area contributed by atoms with Gasteiger partial charge >= 0.3 is 0 Å². The number of ether oxygens (including phenoxy) is 2. The predicted molar refractivity (Wildman–Crippen MR) is 85.7 cm³/mol. The molecule has 1 atom stereocenters. The normalized spacial score (nSPS) is 17.2. The summed E-state index contributed by atoms with van der Waals surface area (Å²) in [5.74, 6) is 2.06. The molecule has 1 aliphatic carbocycles. The smallest absolute Gasteiger partial charge is 0.166 e. The summed E-state index contributed by atoms with van der Waals surface area (Å²) in [6.07, 6.45) is 6.05. The zero-order valence-corrected chi connectivity index (χ0v) is 13.9. The summed E-state index contributed by atoms with van der Waals surface area (Å²) in [6.45, 7) is 2.86. The van der Waals surface area contributed by atoms with Crippen molar-refractivity contribution in [2.24, 2.45) is 5.73 Å². The van der Waals surface area contributed by atoms with Gasteiger partial charge in [-0.15, -0.1) is 0 Å². The average Bonchev–Trinajstić information content (AvgIpc) is 2.92. The summed E-state index contributed by atoms with van der Waals surface area (Å²) >= 11 is 3.65. The van der Waals surface area contributed by atoms with Gasteiger partial charge in [0.15, 0.2) is 11.5 Å². The van der Waals surface area contributed by atoms with Crippen LogP contribution in [0.15, 0.2) is 16.6 Å². The minimum Gasteiger partial charge on any atom is -0.493 e. The van der Waals surface area contributed by atoms with E-state index in [9.17, 15) is 0 Å². The number of halogens is 1. The fraction of sp³-hybridized carbons (Fsp3) is 0.625. The van der Waals surface area contributed by atoms with E-state index in [0.717, 1.165) is 35.2 Å². The molecule has 1 aromatic rings. The van der Waals surface area contributed by atoms with E-state index in [0.29, 0.717) is 18.6 Å². The first-order valence-electron chi connectivity index (χ1n) is 7.40. The van der Waals surface area contributed by atoms with Gasteiger partial charge in [-0.1, -0.05) is 22.9 Å². The van der Waals surface area contributed by atoms with Gasteiger partial charge in [0.2, 0.25) is 0 Å². The molecule has 4 heteroatoms. The Kier molecular flexibility index (Phi) is 5.73. The third kappa shape index (κ3) is 3.47. The highest BCUT2D eigenvalue weighted by Gasteiger charge is 2.24. The second kappa shape index (κ2) is 7.32. The van der Waals surface area contributed by atoms with E-state index in [1.807, 2.05) is 12.1 Å². The maximum atomic E-state index is 6.28. The fourth-order valence-electron chi connectivity index (χ4n) is 2.86. The number of hydrogen-bond donors (Lipinski definition) is 1. The van der Waals surface area contributed by atoms with E-state index in [1.54, 1.807) is 7.11 Å². The highest BCUT2D eigenvalue weighted by Crippen LogP contribution is 2.43. The van der Waals surface area contributed by atoms with Crippen molar-refractivity contribution in [1.82, 2.24) is 0 Å². The Labute approximate surface area is 130 Å². The molecule has 0 saturated heterocycles. The fourth-order valence-corrected chi connectivity index (χ4v) is 3.57. The minimum absolute atomic E-state index is 0.321. The second-order valence-corrected chi connectivity index (χ2v) is 6.35. The molecule has 0 bridgehead atoms. The molecule has 1 fully saturated rings. The zero-order valence-electron chi connectivity index (χ0n) is 12.3. The predicted octanol–water partition coefficient (Wildman–Crippen LogP) is 4.23. The van der Waals surface area contributed by atoms with Gasteiger partial charge in [0.05, 0.1) is 13.2 Å². The third-order valence-electron chi connectivity index (χ3n) is 4.01. The second-order valence-electron chi connectivity index (χ2n) is 5.50. The maximum absolute atomic E-state index is 6.28. The summed E-state index contributed by atoms with van der Waals surface area (Å²) < 4.78 is 12.9. The van der Waals surface area contributed by atoms with Crippen molar-refractivity contribution in [2.45, 2.75) is 51.0 Å². The Balaban J connectivity index is 2.35. The quantitative estimate of drug-likeness (QED) is 0.841. The first kappa shape index (κ1) is 15.6. The summed E-state index contributed by atoms with van der Waals surface area (Å²) in [6, 6.07) is 4.00. The van der Waals surface area contributed by atoms with E-state index in [-0.39, 0.29) is 0 Å². The van der Waals surface area contributed by atoms with Crippen molar-refractivity contribution in [3.8, 4) is 11.5 Å². The highest BCUT2D eigenvalue weighted by atomic mass is 79.9. The van der Waals surface area contributed by atoms with Crippen molar-refractivity contribution in [3.05, 3.63) is 22.2 Å². The number of rotatable bonds is 6. The van der Waals surface area contributed by atoms with Gasteiger partial charge in [-0.3, -0.25) is 0 Å². The molecule has 2 rings (SSSR count). The zero-order chi connectivity index (χ0) is 14.5. The van der Waals surface area contributed by atoms with Gasteiger partial charge in [-0.25, -0.2) is 0 Å².